The molecule has 1 N–H and O–H groups in total. The molecule has 2 unspecified atom stereocenters. The van der Waals surface area contributed by atoms with Crippen LogP contribution < -0.4 is 5.32 Å². The topological polar surface area (TPSA) is 71.8 Å². The third-order valence-corrected chi connectivity index (χ3v) is 4.12. The lowest BCUT2D eigenvalue weighted by molar-refractivity contribution is -0.145. The van der Waals surface area contributed by atoms with E-state index in [0.29, 0.717) is 6.54 Å². The lowest BCUT2D eigenvalue weighted by atomic mass is 9.99. The summed E-state index contributed by atoms with van der Waals surface area (Å²) in [5, 5.41) is 7.50. The zero-order valence-electron chi connectivity index (χ0n) is 14.2. The molecule has 1 saturated heterocycles. The van der Waals surface area contributed by atoms with Gasteiger partial charge in [0, 0.05) is 45.1 Å². The molecule has 7 heteroatoms. The monoisotopic (exact) mass is 321 g/mol. The Balaban J connectivity index is 1.89. The van der Waals surface area contributed by atoms with Crippen molar-refractivity contribution in [1.29, 1.82) is 0 Å². The maximum Gasteiger partial charge on any atom is 0.310 e. The van der Waals surface area contributed by atoms with E-state index in [0.717, 1.165) is 38.6 Å². The third kappa shape index (κ3) is 4.71. The number of carbonyl (C=O) groups is 1. The van der Waals surface area contributed by atoms with Crippen LogP contribution in [0.1, 0.15) is 20.3 Å². The van der Waals surface area contributed by atoms with Crippen LogP contribution in [0.3, 0.4) is 0 Å². The van der Waals surface area contributed by atoms with Gasteiger partial charge < -0.3 is 15.0 Å². The number of hydrogen-bond acceptors (Lipinski definition) is 4. The van der Waals surface area contributed by atoms with Crippen molar-refractivity contribution in [2.45, 2.75) is 26.8 Å². The fraction of sp³-hybridized carbons (Fsp3) is 0.688. The van der Waals surface area contributed by atoms with Crippen LogP contribution in [-0.4, -0.2) is 59.9 Å². The van der Waals surface area contributed by atoms with Crippen LogP contribution >= 0.6 is 0 Å². The van der Waals surface area contributed by atoms with E-state index in [4.69, 9.17) is 4.74 Å². The Labute approximate surface area is 137 Å². The number of nitrogens with zero attached hydrogens (tertiary/aromatic N) is 4. The highest BCUT2D eigenvalue weighted by atomic mass is 16.5. The number of guanidine groups is 1. The number of esters is 1. The predicted molar refractivity (Wildman–Crippen MR) is 89.1 cm³/mol. The molecular formula is C16H27N5O2. The van der Waals surface area contributed by atoms with Gasteiger partial charge in [-0.05, 0) is 25.3 Å². The van der Waals surface area contributed by atoms with E-state index in [1.54, 1.807) is 6.20 Å². The zero-order valence-corrected chi connectivity index (χ0v) is 14.2. The minimum absolute atomic E-state index is 0.0760. The molecule has 2 atom stereocenters. The number of aliphatic imine (C=N–C) groups is 1. The Hall–Kier alpha value is -2.05. The molecule has 0 saturated carbocycles. The smallest absolute Gasteiger partial charge is 0.310 e. The fourth-order valence-corrected chi connectivity index (χ4v) is 2.87. The van der Waals surface area contributed by atoms with Gasteiger partial charge in [-0.3, -0.25) is 14.5 Å². The van der Waals surface area contributed by atoms with Gasteiger partial charge in [-0.1, -0.05) is 6.92 Å². The normalized spacial score (nSPS) is 21.5. The van der Waals surface area contributed by atoms with Crippen molar-refractivity contribution in [3.05, 3.63) is 18.5 Å². The highest BCUT2D eigenvalue weighted by Gasteiger charge is 2.36. The molecule has 0 bridgehead atoms. The zero-order chi connectivity index (χ0) is 16.7. The summed E-state index contributed by atoms with van der Waals surface area (Å²) in [4.78, 5) is 18.7. The first kappa shape index (κ1) is 17.3. The molecule has 0 spiro atoms. The summed E-state index contributed by atoms with van der Waals surface area (Å²) in [7, 11) is 1.45. The molecule has 1 aromatic rings. The van der Waals surface area contributed by atoms with Crippen LogP contribution in [-0.2, 0) is 16.1 Å². The molecule has 1 aliphatic heterocycles. The van der Waals surface area contributed by atoms with Crippen LogP contribution in [0.4, 0.5) is 0 Å². The van der Waals surface area contributed by atoms with Crippen molar-refractivity contribution in [3.8, 4) is 0 Å². The summed E-state index contributed by atoms with van der Waals surface area (Å²) in [6.45, 7) is 8.03. The van der Waals surface area contributed by atoms with Gasteiger partial charge in [-0.15, -0.1) is 0 Å². The van der Waals surface area contributed by atoms with E-state index < -0.39 is 0 Å². The average Bonchev–Trinajstić information content (AvgIpc) is 3.19. The number of carbonyl (C=O) groups excluding carboxylic acids is 1. The van der Waals surface area contributed by atoms with Crippen molar-refractivity contribution < 1.29 is 9.53 Å². The predicted octanol–water partition coefficient (Wildman–Crippen LogP) is 0.980. The molecule has 1 aliphatic rings. The Kier molecular flexibility index (Phi) is 6.43. The van der Waals surface area contributed by atoms with Gasteiger partial charge in [0.25, 0.3) is 0 Å². The van der Waals surface area contributed by atoms with Crippen LogP contribution in [0.25, 0.3) is 0 Å². The molecule has 2 heterocycles. The molecule has 1 aromatic heterocycles. The summed E-state index contributed by atoms with van der Waals surface area (Å²) >= 11 is 0. The highest BCUT2D eigenvalue weighted by Crippen LogP contribution is 2.24. The van der Waals surface area contributed by atoms with Gasteiger partial charge >= 0.3 is 5.97 Å². The van der Waals surface area contributed by atoms with Gasteiger partial charge in [0.1, 0.15) is 0 Å². The molecule has 23 heavy (non-hydrogen) atoms. The average molecular weight is 321 g/mol. The Morgan fingerprint density at radius 3 is 2.96 bits per heavy atom. The standard InChI is InChI=1S/C16H27N5O2/c1-4-17-16(18-7-5-9-21-10-6-8-19-21)20-11-13(2)14(12-20)15(22)23-3/h6,8,10,13-14H,4-5,7,9,11-12H2,1-3H3,(H,17,18). The second-order valence-corrected chi connectivity index (χ2v) is 5.87. The summed E-state index contributed by atoms with van der Waals surface area (Å²) in [5.74, 6) is 0.948. The SMILES string of the molecule is CCNC(=NCCCn1cccn1)N1CC(C)C(C(=O)OC)C1. The fourth-order valence-electron chi connectivity index (χ4n) is 2.87. The number of hydrogen-bond donors (Lipinski definition) is 1. The van der Waals surface area contributed by atoms with Crippen molar-refractivity contribution >= 4 is 11.9 Å². The van der Waals surface area contributed by atoms with Gasteiger partial charge in [0.15, 0.2) is 5.96 Å². The number of aromatic nitrogens is 2. The van der Waals surface area contributed by atoms with Crippen LogP contribution in [0.2, 0.25) is 0 Å². The summed E-state index contributed by atoms with van der Waals surface area (Å²) < 4.78 is 6.81. The lowest BCUT2D eigenvalue weighted by Gasteiger charge is -2.21. The first-order valence-corrected chi connectivity index (χ1v) is 8.24. The number of ether oxygens (including phenoxy) is 1. The van der Waals surface area contributed by atoms with Crippen LogP contribution in [0.5, 0.6) is 0 Å². The third-order valence-electron chi connectivity index (χ3n) is 4.12. The molecule has 0 amide bonds. The minimum Gasteiger partial charge on any atom is -0.469 e. The van der Waals surface area contributed by atoms with Gasteiger partial charge in [-0.2, -0.15) is 5.10 Å². The number of methoxy groups -OCH3 is 1. The maximum atomic E-state index is 11.8. The first-order chi connectivity index (χ1) is 11.2. The molecule has 7 nitrogen and oxygen atoms in total. The molecular weight excluding hydrogens is 294 g/mol. The largest absolute Gasteiger partial charge is 0.469 e. The lowest BCUT2D eigenvalue weighted by Crippen LogP contribution is -2.40. The van der Waals surface area contributed by atoms with E-state index in [2.05, 4.69) is 34.2 Å². The molecule has 0 radical (unpaired) electrons. The molecule has 128 valence electrons. The molecule has 0 aliphatic carbocycles. The van der Waals surface area contributed by atoms with Gasteiger partial charge in [0.2, 0.25) is 0 Å². The molecule has 2 rings (SSSR count). The number of rotatable bonds is 6. The second kappa shape index (κ2) is 8.55. The van der Waals surface area contributed by atoms with Crippen molar-refractivity contribution in [2.75, 3.05) is 33.3 Å². The summed E-state index contributed by atoms with van der Waals surface area (Å²) in [5.41, 5.74) is 0. The number of aryl methyl sites for hydroxylation is 1. The van der Waals surface area contributed by atoms with Crippen molar-refractivity contribution in [3.63, 3.8) is 0 Å². The minimum atomic E-state index is -0.130. The van der Waals surface area contributed by atoms with E-state index in [1.165, 1.54) is 7.11 Å². The van der Waals surface area contributed by atoms with Crippen LogP contribution in [0.15, 0.2) is 23.5 Å². The van der Waals surface area contributed by atoms with E-state index in [-0.39, 0.29) is 17.8 Å². The number of likely N-dealkylation sites (tertiary alicyclic amines) is 1. The maximum absolute atomic E-state index is 11.8. The Morgan fingerprint density at radius 2 is 2.30 bits per heavy atom. The Morgan fingerprint density at radius 1 is 1.48 bits per heavy atom. The van der Waals surface area contributed by atoms with E-state index in [1.807, 2.05) is 16.9 Å². The summed E-state index contributed by atoms with van der Waals surface area (Å²) in [6, 6.07) is 1.92. The van der Waals surface area contributed by atoms with E-state index >= 15 is 0 Å². The highest BCUT2D eigenvalue weighted by molar-refractivity contribution is 5.82. The van der Waals surface area contributed by atoms with E-state index in [9.17, 15) is 4.79 Å². The van der Waals surface area contributed by atoms with Crippen molar-refractivity contribution in [1.82, 2.24) is 20.0 Å². The summed E-state index contributed by atoms with van der Waals surface area (Å²) in [6.07, 6.45) is 4.67. The molecule has 0 aromatic carbocycles. The van der Waals surface area contributed by atoms with Gasteiger partial charge in [-0.25, -0.2) is 0 Å². The Bertz CT molecular complexity index is 515. The first-order valence-electron chi connectivity index (χ1n) is 8.24. The van der Waals surface area contributed by atoms with Crippen LogP contribution in [0, 0.1) is 11.8 Å². The molecule has 1 fully saturated rings. The second-order valence-electron chi connectivity index (χ2n) is 5.87. The quantitative estimate of drug-likeness (QED) is 0.366. The number of nitrogens with one attached hydrogen (secondary N) is 1. The van der Waals surface area contributed by atoms with Gasteiger partial charge in [0.05, 0.1) is 13.0 Å². The van der Waals surface area contributed by atoms with Crippen molar-refractivity contribution in [2.24, 2.45) is 16.8 Å².